The Hall–Kier alpha value is -0.930. The van der Waals surface area contributed by atoms with Crippen molar-refractivity contribution in [1.82, 2.24) is 5.32 Å². The average molecular weight is 231 g/mol. The minimum absolute atomic E-state index is 0.160. The van der Waals surface area contributed by atoms with E-state index in [1.54, 1.807) is 12.1 Å². The number of hydrogen-bond donors (Lipinski definition) is 2. The molecular formula is C9H8Cl2N2O. The molecule has 74 valence electrons. The van der Waals surface area contributed by atoms with Crippen LogP contribution < -0.4 is 10.6 Å². The van der Waals surface area contributed by atoms with Crippen molar-refractivity contribution in [3.05, 3.63) is 27.7 Å². The fourth-order valence-corrected chi connectivity index (χ4v) is 1.98. The summed E-state index contributed by atoms with van der Waals surface area (Å²) in [5, 5.41) is 6.72. The van der Waals surface area contributed by atoms with Gasteiger partial charge in [0.2, 0.25) is 0 Å². The van der Waals surface area contributed by atoms with E-state index in [0.717, 1.165) is 0 Å². The van der Waals surface area contributed by atoms with E-state index < -0.39 is 0 Å². The van der Waals surface area contributed by atoms with Crippen LogP contribution in [0.5, 0.6) is 0 Å². The van der Waals surface area contributed by atoms with Crippen molar-refractivity contribution in [2.75, 3.05) is 18.4 Å². The van der Waals surface area contributed by atoms with Gasteiger partial charge in [-0.2, -0.15) is 0 Å². The molecule has 0 fully saturated rings. The lowest BCUT2D eigenvalue weighted by molar-refractivity contribution is 0.0958. The van der Waals surface area contributed by atoms with Crippen LogP contribution in [0.3, 0.4) is 0 Å². The molecular weight excluding hydrogens is 223 g/mol. The third kappa shape index (κ3) is 1.65. The van der Waals surface area contributed by atoms with Gasteiger partial charge in [0.25, 0.3) is 5.91 Å². The van der Waals surface area contributed by atoms with Gasteiger partial charge >= 0.3 is 0 Å². The maximum absolute atomic E-state index is 11.6. The standard InChI is InChI=1S/C9H8Cl2N2O/c10-5-3-6(11)8-7(4-5)12-1-2-13-9(8)14/h3-4,12H,1-2H2,(H,13,14). The SMILES string of the molecule is O=C1NCCNc2cc(Cl)cc(Cl)c21. The maximum atomic E-state index is 11.6. The summed E-state index contributed by atoms with van der Waals surface area (Å²) in [6.45, 7) is 1.26. The molecule has 0 unspecified atom stereocenters. The van der Waals surface area contributed by atoms with Gasteiger partial charge < -0.3 is 10.6 Å². The zero-order chi connectivity index (χ0) is 10.1. The molecule has 0 radical (unpaired) electrons. The molecule has 0 spiro atoms. The Labute approximate surface area is 91.4 Å². The van der Waals surface area contributed by atoms with Gasteiger partial charge in [-0.3, -0.25) is 4.79 Å². The summed E-state index contributed by atoms with van der Waals surface area (Å²) in [7, 11) is 0. The molecule has 14 heavy (non-hydrogen) atoms. The second-order valence-electron chi connectivity index (χ2n) is 2.99. The lowest BCUT2D eigenvalue weighted by Crippen LogP contribution is -2.24. The summed E-state index contributed by atoms with van der Waals surface area (Å²) in [5.74, 6) is -0.160. The Balaban J connectivity index is 2.58. The third-order valence-corrected chi connectivity index (χ3v) is 2.52. The molecule has 2 N–H and O–H groups in total. The summed E-state index contributed by atoms with van der Waals surface area (Å²) in [6.07, 6.45) is 0. The summed E-state index contributed by atoms with van der Waals surface area (Å²) < 4.78 is 0. The quantitative estimate of drug-likeness (QED) is 0.718. The van der Waals surface area contributed by atoms with E-state index >= 15 is 0 Å². The molecule has 0 bridgehead atoms. The minimum Gasteiger partial charge on any atom is -0.383 e. The van der Waals surface area contributed by atoms with Gasteiger partial charge in [-0.15, -0.1) is 0 Å². The molecule has 0 saturated heterocycles. The highest BCUT2D eigenvalue weighted by atomic mass is 35.5. The van der Waals surface area contributed by atoms with Crippen molar-refractivity contribution in [2.24, 2.45) is 0 Å². The van der Waals surface area contributed by atoms with Gasteiger partial charge in [0.1, 0.15) is 0 Å². The number of nitrogens with one attached hydrogen (secondary N) is 2. The van der Waals surface area contributed by atoms with Crippen molar-refractivity contribution in [3.8, 4) is 0 Å². The summed E-state index contributed by atoms with van der Waals surface area (Å²) >= 11 is 11.8. The van der Waals surface area contributed by atoms with E-state index in [2.05, 4.69) is 10.6 Å². The topological polar surface area (TPSA) is 41.1 Å². The van der Waals surface area contributed by atoms with Gasteiger partial charge in [-0.1, -0.05) is 23.2 Å². The minimum atomic E-state index is -0.160. The van der Waals surface area contributed by atoms with Crippen LogP contribution in [0.4, 0.5) is 5.69 Å². The van der Waals surface area contributed by atoms with Crippen LogP contribution in [-0.2, 0) is 0 Å². The van der Waals surface area contributed by atoms with Crippen molar-refractivity contribution in [2.45, 2.75) is 0 Å². The molecule has 0 aliphatic carbocycles. The molecule has 0 aromatic heterocycles. The van der Waals surface area contributed by atoms with E-state index in [0.29, 0.717) is 34.4 Å². The first-order valence-electron chi connectivity index (χ1n) is 4.19. The van der Waals surface area contributed by atoms with Crippen molar-refractivity contribution < 1.29 is 4.79 Å². The lowest BCUT2D eigenvalue weighted by atomic mass is 10.1. The number of carbonyl (C=O) groups excluding carboxylic acids is 1. The van der Waals surface area contributed by atoms with Crippen LogP contribution in [-0.4, -0.2) is 19.0 Å². The van der Waals surface area contributed by atoms with E-state index in [1.165, 1.54) is 0 Å². The van der Waals surface area contributed by atoms with Gasteiger partial charge in [0.05, 0.1) is 10.6 Å². The summed E-state index contributed by atoms with van der Waals surface area (Å²) in [5.41, 5.74) is 1.16. The Bertz CT molecular complexity index is 393. The number of amides is 1. The molecule has 1 heterocycles. The molecule has 1 aliphatic heterocycles. The molecule has 5 heteroatoms. The number of fused-ring (bicyclic) bond motifs is 1. The highest BCUT2D eigenvalue weighted by Gasteiger charge is 2.18. The third-order valence-electron chi connectivity index (χ3n) is 2.01. The first-order valence-corrected chi connectivity index (χ1v) is 4.95. The monoisotopic (exact) mass is 230 g/mol. The van der Waals surface area contributed by atoms with Crippen molar-refractivity contribution in [1.29, 1.82) is 0 Å². The second kappa shape index (κ2) is 3.67. The molecule has 3 nitrogen and oxygen atoms in total. The zero-order valence-corrected chi connectivity index (χ0v) is 8.74. The predicted octanol–water partition coefficient (Wildman–Crippen LogP) is 2.15. The molecule has 0 atom stereocenters. The van der Waals surface area contributed by atoms with Crippen LogP contribution in [0.1, 0.15) is 10.4 Å². The Kier molecular flexibility index (Phi) is 2.52. The highest BCUT2D eigenvalue weighted by molar-refractivity contribution is 6.37. The van der Waals surface area contributed by atoms with Gasteiger partial charge in [0, 0.05) is 23.8 Å². The predicted molar refractivity (Wildman–Crippen MR) is 57.3 cm³/mol. The van der Waals surface area contributed by atoms with E-state index in [1.807, 2.05) is 0 Å². The van der Waals surface area contributed by atoms with Crippen molar-refractivity contribution >= 4 is 34.8 Å². The molecule has 1 aromatic rings. The number of anilines is 1. The number of rotatable bonds is 0. The Morgan fingerprint density at radius 2 is 1.86 bits per heavy atom. The largest absolute Gasteiger partial charge is 0.383 e. The highest BCUT2D eigenvalue weighted by Crippen LogP contribution is 2.29. The number of carbonyl (C=O) groups is 1. The van der Waals surface area contributed by atoms with Crippen LogP contribution in [0.15, 0.2) is 12.1 Å². The molecule has 2 rings (SSSR count). The normalized spacial score (nSPS) is 15.1. The van der Waals surface area contributed by atoms with E-state index in [-0.39, 0.29) is 5.91 Å². The van der Waals surface area contributed by atoms with Crippen molar-refractivity contribution in [3.63, 3.8) is 0 Å². The first kappa shape index (κ1) is 9.62. The van der Waals surface area contributed by atoms with Crippen LogP contribution >= 0.6 is 23.2 Å². The first-order chi connectivity index (χ1) is 6.68. The average Bonchev–Trinajstić information content (AvgIpc) is 2.27. The van der Waals surface area contributed by atoms with Crippen LogP contribution in [0.2, 0.25) is 10.0 Å². The zero-order valence-electron chi connectivity index (χ0n) is 7.23. The van der Waals surface area contributed by atoms with Gasteiger partial charge in [-0.25, -0.2) is 0 Å². The second-order valence-corrected chi connectivity index (χ2v) is 3.84. The number of benzene rings is 1. The fourth-order valence-electron chi connectivity index (χ4n) is 1.41. The fraction of sp³-hybridized carbons (Fsp3) is 0.222. The molecule has 0 saturated carbocycles. The molecule has 1 aliphatic rings. The number of hydrogen-bond acceptors (Lipinski definition) is 2. The van der Waals surface area contributed by atoms with E-state index in [4.69, 9.17) is 23.2 Å². The smallest absolute Gasteiger partial charge is 0.254 e. The maximum Gasteiger partial charge on any atom is 0.254 e. The molecule has 1 amide bonds. The van der Waals surface area contributed by atoms with E-state index in [9.17, 15) is 4.79 Å². The van der Waals surface area contributed by atoms with Crippen LogP contribution in [0.25, 0.3) is 0 Å². The van der Waals surface area contributed by atoms with Gasteiger partial charge in [0.15, 0.2) is 0 Å². The van der Waals surface area contributed by atoms with Crippen LogP contribution in [0, 0.1) is 0 Å². The number of halogens is 2. The Morgan fingerprint density at radius 1 is 1.14 bits per heavy atom. The lowest BCUT2D eigenvalue weighted by Gasteiger charge is -2.07. The Morgan fingerprint density at radius 3 is 2.64 bits per heavy atom. The van der Waals surface area contributed by atoms with Gasteiger partial charge in [-0.05, 0) is 12.1 Å². The summed E-state index contributed by atoms with van der Waals surface area (Å²) in [4.78, 5) is 11.6. The summed E-state index contributed by atoms with van der Waals surface area (Å²) in [6, 6.07) is 3.27. The molecule has 1 aromatic carbocycles.